The first-order valence-corrected chi connectivity index (χ1v) is 6.51. The summed E-state index contributed by atoms with van der Waals surface area (Å²) < 4.78 is 2.01. The number of carboxylic acid groups (broad SMARTS) is 1. The first-order chi connectivity index (χ1) is 8.56. The van der Waals surface area contributed by atoms with Gasteiger partial charge in [0.15, 0.2) is 0 Å². The van der Waals surface area contributed by atoms with Crippen molar-refractivity contribution in [3.05, 3.63) is 18.0 Å². The highest BCUT2D eigenvalue weighted by Crippen LogP contribution is 2.14. The molecule has 0 spiro atoms. The van der Waals surface area contributed by atoms with Gasteiger partial charge in [0.1, 0.15) is 0 Å². The van der Waals surface area contributed by atoms with Gasteiger partial charge in [-0.2, -0.15) is 5.10 Å². The van der Waals surface area contributed by atoms with Crippen LogP contribution in [-0.4, -0.2) is 39.3 Å². The summed E-state index contributed by atoms with van der Waals surface area (Å²) in [6.45, 7) is 5.57. The van der Waals surface area contributed by atoms with Crippen molar-refractivity contribution < 1.29 is 9.90 Å². The maximum Gasteiger partial charge on any atom is 0.304 e. The van der Waals surface area contributed by atoms with Crippen LogP contribution in [0.25, 0.3) is 0 Å². The predicted molar refractivity (Wildman–Crippen MR) is 70.4 cm³/mol. The lowest BCUT2D eigenvalue weighted by atomic mass is 10.2. The molecule has 0 fully saturated rings. The van der Waals surface area contributed by atoms with Gasteiger partial charge in [-0.3, -0.25) is 14.4 Å². The molecule has 0 unspecified atom stereocenters. The number of aliphatic carboxylic acids is 1. The van der Waals surface area contributed by atoms with Crippen LogP contribution in [0, 0.1) is 0 Å². The number of hydrogen-bond donors (Lipinski definition) is 1. The SMILES string of the molecule is CCC(CC)n1ccc(CN(C)CCC(=O)O)n1. The van der Waals surface area contributed by atoms with Crippen LogP contribution in [0.1, 0.15) is 44.8 Å². The molecule has 0 aliphatic rings. The molecular formula is C13H23N3O2. The standard InChI is InChI=1S/C13H23N3O2/c1-4-12(5-2)16-9-6-11(14-16)10-15(3)8-7-13(17)18/h6,9,12H,4-5,7-8,10H2,1-3H3,(H,17,18). The third-order valence-electron chi connectivity index (χ3n) is 3.12. The lowest BCUT2D eigenvalue weighted by Gasteiger charge is -2.15. The fraction of sp³-hybridized carbons (Fsp3) is 0.692. The number of hydrogen-bond acceptors (Lipinski definition) is 3. The van der Waals surface area contributed by atoms with E-state index in [9.17, 15) is 4.79 Å². The van der Waals surface area contributed by atoms with E-state index in [1.807, 2.05) is 28.9 Å². The fourth-order valence-electron chi connectivity index (χ4n) is 1.97. The second-order valence-electron chi connectivity index (χ2n) is 4.64. The van der Waals surface area contributed by atoms with Crippen molar-refractivity contribution in [2.75, 3.05) is 13.6 Å². The van der Waals surface area contributed by atoms with Crippen molar-refractivity contribution in [1.82, 2.24) is 14.7 Å². The molecule has 0 aliphatic heterocycles. The topological polar surface area (TPSA) is 58.4 Å². The zero-order valence-electron chi connectivity index (χ0n) is 11.5. The molecule has 1 rings (SSSR count). The van der Waals surface area contributed by atoms with Crippen LogP contribution in [0.15, 0.2) is 12.3 Å². The Bertz CT molecular complexity index is 372. The summed E-state index contributed by atoms with van der Waals surface area (Å²) in [5.74, 6) is -0.760. The van der Waals surface area contributed by atoms with Crippen LogP contribution < -0.4 is 0 Å². The average Bonchev–Trinajstić information content (AvgIpc) is 2.76. The molecule has 1 aromatic heterocycles. The van der Waals surface area contributed by atoms with Gasteiger partial charge in [-0.15, -0.1) is 0 Å². The van der Waals surface area contributed by atoms with E-state index in [0.717, 1.165) is 18.5 Å². The van der Waals surface area contributed by atoms with E-state index in [4.69, 9.17) is 5.11 Å². The van der Waals surface area contributed by atoms with Crippen LogP contribution in [0.4, 0.5) is 0 Å². The zero-order chi connectivity index (χ0) is 13.5. The van der Waals surface area contributed by atoms with Gasteiger partial charge in [-0.1, -0.05) is 13.8 Å². The minimum Gasteiger partial charge on any atom is -0.481 e. The number of carboxylic acids is 1. The highest BCUT2D eigenvalue weighted by molar-refractivity contribution is 5.66. The monoisotopic (exact) mass is 253 g/mol. The van der Waals surface area contributed by atoms with Gasteiger partial charge in [-0.05, 0) is 26.0 Å². The Morgan fingerprint density at radius 1 is 1.50 bits per heavy atom. The normalized spacial score (nSPS) is 11.4. The second kappa shape index (κ2) is 7.16. The third kappa shape index (κ3) is 4.49. The van der Waals surface area contributed by atoms with Crippen LogP contribution in [-0.2, 0) is 11.3 Å². The molecular weight excluding hydrogens is 230 g/mol. The van der Waals surface area contributed by atoms with Crippen LogP contribution in [0.3, 0.4) is 0 Å². The van der Waals surface area contributed by atoms with E-state index < -0.39 is 5.97 Å². The fourth-order valence-corrected chi connectivity index (χ4v) is 1.97. The van der Waals surface area contributed by atoms with Crippen LogP contribution >= 0.6 is 0 Å². The van der Waals surface area contributed by atoms with E-state index in [1.54, 1.807) is 0 Å². The maximum absolute atomic E-state index is 10.5. The number of rotatable bonds is 8. The molecule has 0 amide bonds. The van der Waals surface area contributed by atoms with Crippen molar-refractivity contribution in [1.29, 1.82) is 0 Å². The second-order valence-corrected chi connectivity index (χ2v) is 4.64. The quantitative estimate of drug-likeness (QED) is 0.771. The number of carbonyl (C=O) groups is 1. The molecule has 102 valence electrons. The van der Waals surface area contributed by atoms with E-state index in [0.29, 0.717) is 19.1 Å². The first kappa shape index (κ1) is 14.7. The summed E-state index contributed by atoms with van der Waals surface area (Å²) in [6.07, 6.45) is 4.33. The summed E-state index contributed by atoms with van der Waals surface area (Å²) in [5, 5.41) is 13.2. The molecule has 18 heavy (non-hydrogen) atoms. The molecule has 0 aromatic carbocycles. The Morgan fingerprint density at radius 2 is 2.17 bits per heavy atom. The van der Waals surface area contributed by atoms with Gasteiger partial charge in [0.25, 0.3) is 0 Å². The summed E-state index contributed by atoms with van der Waals surface area (Å²) >= 11 is 0. The number of aromatic nitrogens is 2. The molecule has 0 radical (unpaired) electrons. The lowest BCUT2D eigenvalue weighted by Crippen LogP contribution is -2.21. The molecule has 0 saturated carbocycles. The Morgan fingerprint density at radius 3 is 2.72 bits per heavy atom. The Labute approximate surface area is 108 Å². The molecule has 5 nitrogen and oxygen atoms in total. The van der Waals surface area contributed by atoms with Crippen molar-refractivity contribution in [3.8, 4) is 0 Å². The van der Waals surface area contributed by atoms with Gasteiger partial charge in [0.05, 0.1) is 18.2 Å². The van der Waals surface area contributed by atoms with E-state index in [2.05, 4.69) is 18.9 Å². The highest BCUT2D eigenvalue weighted by atomic mass is 16.4. The highest BCUT2D eigenvalue weighted by Gasteiger charge is 2.09. The van der Waals surface area contributed by atoms with Gasteiger partial charge >= 0.3 is 5.97 Å². The van der Waals surface area contributed by atoms with Gasteiger partial charge < -0.3 is 5.11 Å². The van der Waals surface area contributed by atoms with Crippen LogP contribution in [0.5, 0.6) is 0 Å². The largest absolute Gasteiger partial charge is 0.481 e. The first-order valence-electron chi connectivity index (χ1n) is 6.51. The summed E-state index contributed by atoms with van der Waals surface area (Å²) in [6, 6.07) is 2.47. The summed E-state index contributed by atoms with van der Waals surface area (Å²) in [5.41, 5.74) is 0.995. The van der Waals surface area contributed by atoms with Crippen molar-refractivity contribution in [2.45, 2.75) is 45.7 Å². The summed E-state index contributed by atoms with van der Waals surface area (Å²) in [7, 11) is 1.92. The van der Waals surface area contributed by atoms with Crippen LogP contribution in [0.2, 0.25) is 0 Å². The predicted octanol–water partition coefficient (Wildman–Crippen LogP) is 2.15. The smallest absolute Gasteiger partial charge is 0.304 e. The van der Waals surface area contributed by atoms with E-state index in [1.165, 1.54) is 0 Å². The Hall–Kier alpha value is -1.36. The van der Waals surface area contributed by atoms with Crippen molar-refractivity contribution >= 4 is 5.97 Å². The zero-order valence-corrected chi connectivity index (χ0v) is 11.5. The third-order valence-corrected chi connectivity index (χ3v) is 3.12. The molecule has 1 N–H and O–H groups in total. The average molecular weight is 253 g/mol. The van der Waals surface area contributed by atoms with Gasteiger partial charge in [0.2, 0.25) is 0 Å². The Balaban J connectivity index is 2.50. The molecule has 1 aromatic rings. The molecule has 0 atom stereocenters. The van der Waals surface area contributed by atoms with Gasteiger partial charge in [-0.25, -0.2) is 0 Å². The molecule has 1 heterocycles. The number of nitrogens with zero attached hydrogens (tertiary/aromatic N) is 3. The molecule has 0 aliphatic carbocycles. The van der Waals surface area contributed by atoms with E-state index in [-0.39, 0.29) is 6.42 Å². The van der Waals surface area contributed by atoms with Crippen molar-refractivity contribution in [2.24, 2.45) is 0 Å². The minimum absolute atomic E-state index is 0.170. The lowest BCUT2D eigenvalue weighted by molar-refractivity contribution is -0.137. The molecule has 0 bridgehead atoms. The maximum atomic E-state index is 10.5. The van der Waals surface area contributed by atoms with Crippen molar-refractivity contribution in [3.63, 3.8) is 0 Å². The molecule has 5 heteroatoms. The van der Waals surface area contributed by atoms with Gasteiger partial charge in [0, 0.05) is 19.3 Å². The molecule has 0 saturated heterocycles. The van der Waals surface area contributed by atoms with E-state index >= 15 is 0 Å². The summed E-state index contributed by atoms with van der Waals surface area (Å²) in [4.78, 5) is 12.5. The Kier molecular flexibility index (Phi) is 5.85. The minimum atomic E-state index is -0.760.